The Kier molecular flexibility index (Phi) is 5.43. The third kappa shape index (κ3) is 4.33. The molecule has 0 aliphatic carbocycles. The lowest BCUT2D eigenvalue weighted by molar-refractivity contribution is 0.415. The van der Waals surface area contributed by atoms with Crippen LogP contribution in [0, 0.1) is 0 Å². The van der Waals surface area contributed by atoms with E-state index in [2.05, 4.69) is 18.2 Å². The predicted octanol–water partition coefficient (Wildman–Crippen LogP) is 4.55. The van der Waals surface area contributed by atoms with Crippen molar-refractivity contribution in [1.82, 2.24) is 0 Å². The fraction of sp³-hybridized carbons (Fsp3) is 0.182. The molecule has 3 nitrogen and oxygen atoms in total. The number of hydrogen-bond acceptors (Lipinski definition) is 3. The molecular weight excluding hydrogens is 344 g/mol. The van der Waals surface area contributed by atoms with Gasteiger partial charge in [-0.3, -0.25) is 0 Å². The molecule has 0 unspecified atom stereocenters. The predicted molar refractivity (Wildman–Crippen MR) is 105 cm³/mol. The molecule has 4 heteroatoms. The zero-order valence-electron chi connectivity index (χ0n) is 15.0. The number of ether oxygens (including phenoxy) is 1. The van der Waals surface area contributed by atoms with Crippen molar-refractivity contribution < 1.29 is 13.2 Å². The van der Waals surface area contributed by atoms with Crippen LogP contribution in [-0.2, 0) is 22.7 Å². The minimum absolute atomic E-state index is 0.359. The molecule has 0 saturated carbocycles. The molecule has 0 bridgehead atoms. The highest BCUT2D eigenvalue weighted by Gasteiger charge is 2.08. The number of methoxy groups -OCH3 is 1. The summed E-state index contributed by atoms with van der Waals surface area (Å²) in [5.74, 6) is 0.841. The normalized spacial score (nSPS) is 11.3. The van der Waals surface area contributed by atoms with Crippen molar-refractivity contribution in [2.75, 3.05) is 13.4 Å². The van der Waals surface area contributed by atoms with Crippen molar-refractivity contribution in [3.05, 3.63) is 83.9 Å². The minimum atomic E-state index is -3.15. The summed E-state index contributed by atoms with van der Waals surface area (Å²) in [5.41, 5.74) is 4.71. The van der Waals surface area contributed by atoms with Crippen LogP contribution in [0.1, 0.15) is 11.1 Å². The molecule has 0 aliphatic rings. The molecule has 0 amide bonds. The Bertz CT molecular complexity index is 990. The van der Waals surface area contributed by atoms with E-state index in [0.717, 1.165) is 29.7 Å². The zero-order chi connectivity index (χ0) is 18.6. The maximum Gasteiger partial charge on any atom is 0.175 e. The maximum absolute atomic E-state index is 11.6. The maximum atomic E-state index is 11.6. The Balaban J connectivity index is 1.81. The van der Waals surface area contributed by atoms with Crippen LogP contribution >= 0.6 is 0 Å². The minimum Gasteiger partial charge on any atom is -0.497 e. The number of benzene rings is 3. The van der Waals surface area contributed by atoms with E-state index in [1.54, 1.807) is 19.2 Å². The molecule has 134 valence electrons. The van der Waals surface area contributed by atoms with Gasteiger partial charge in [-0.25, -0.2) is 8.42 Å². The molecule has 3 rings (SSSR count). The van der Waals surface area contributed by atoms with Crippen LogP contribution in [0.15, 0.2) is 77.7 Å². The molecule has 3 aromatic carbocycles. The number of sulfone groups is 1. The molecule has 0 saturated heterocycles. The lowest BCUT2D eigenvalue weighted by Crippen LogP contribution is -1.98. The summed E-state index contributed by atoms with van der Waals surface area (Å²) in [6.45, 7) is 0. The Hall–Kier alpha value is -2.59. The highest BCUT2D eigenvalue weighted by Crippen LogP contribution is 2.28. The fourth-order valence-electron chi connectivity index (χ4n) is 2.99. The van der Waals surface area contributed by atoms with Gasteiger partial charge >= 0.3 is 0 Å². The molecule has 0 aromatic heterocycles. The Morgan fingerprint density at radius 1 is 0.846 bits per heavy atom. The first-order valence-corrected chi connectivity index (χ1v) is 10.4. The van der Waals surface area contributed by atoms with Gasteiger partial charge in [0.05, 0.1) is 12.0 Å². The van der Waals surface area contributed by atoms with E-state index in [-0.39, 0.29) is 0 Å². The second kappa shape index (κ2) is 7.75. The van der Waals surface area contributed by atoms with Gasteiger partial charge in [0.2, 0.25) is 0 Å². The van der Waals surface area contributed by atoms with Gasteiger partial charge in [0.1, 0.15) is 5.75 Å². The Morgan fingerprint density at radius 3 is 2.27 bits per heavy atom. The number of aryl methyl sites for hydroxylation is 2. The zero-order valence-corrected chi connectivity index (χ0v) is 15.8. The first-order chi connectivity index (χ1) is 12.5. The second-order valence-corrected chi connectivity index (χ2v) is 8.32. The summed E-state index contributed by atoms with van der Waals surface area (Å²) >= 11 is 0. The highest BCUT2D eigenvalue weighted by molar-refractivity contribution is 7.90. The van der Waals surface area contributed by atoms with E-state index < -0.39 is 9.84 Å². The van der Waals surface area contributed by atoms with Crippen LogP contribution in [0.5, 0.6) is 5.75 Å². The Morgan fingerprint density at radius 2 is 1.58 bits per heavy atom. The van der Waals surface area contributed by atoms with E-state index in [1.165, 1.54) is 17.4 Å². The summed E-state index contributed by atoms with van der Waals surface area (Å²) in [6, 6.07) is 23.6. The number of rotatable bonds is 6. The first kappa shape index (κ1) is 18.2. The van der Waals surface area contributed by atoms with Crippen molar-refractivity contribution in [3.63, 3.8) is 0 Å². The van der Waals surface area contributed by atoms with Crippen LogP contribution in [-0.4, -0.2) is 21.8 Å². The van der Waals surface area contributed by atoms with Gasteiger partial charge in [0.15, 0.2) is 9.84 Å². The van der Waals surface area contributed by atoms with Gasteiger partial charge in [-0.15, -0.1) is 0 Å². The van der Waals surface area contributed by atoms with Crippen LogP contribution < -0.4 is 4.74 Å². The van der Waals surface area contributed by atoms with Gasteiger partial charge < -0.3 is 4.74 Å². The van der Waals surface area contributed by atoms with Gasteiger partial charge in [-0.2, -0.15) is 0 Å². The largest absolute Gasteiger partial charge is 0.497 e. The van der Waals surface area contributed by atoms with Gasteiger partial charge in [-0.1, -0.05) is 48.5 Å². The third-order valence-corrected chi connectivity index (χ3v) is 5.56. The van der Waals surface area contributed by atoms with E-state index in [4.69, 9.17) is 4.74 Å². The SMILES string of the molecule is COc1cccc(-c2ccccc2CCc2ccc(S(C)(=O)=O)cc2)c1. The van der Waals surface area contributed by atoms with E-state index in [0.29, 0.717) is 4.90 Å². The molecule has 0 heterocycles. The van der Waals surface area contributed by atoms with Crippen LogP contribution in [0.25, 0.3) is 11.1 Å². The quantitative estimate of drug-likeness (QED) is 0.643. The Labute approximate surface area is 155 Å². The first-order valence-electron chi connectivity index (χ1n) is 8.49. The molecule has 3 aromatic rings. The molecule has 0 aliphatic heterocycles. The third-order valence-electron chi connectivity index (χ3n) is 4.43. The topological polar surface area (TPSA) is 43.4 Å². The van der Waals surface area contributed by atoms with Crippen LogP contribution in [0.4, 0.5) is 0 Å². The molecule has 0 radical (unpaired) electrons. The highest BCUT2D eigenvalue weighted by atomic mass is 32.2. The average Bonchev–Trinajstić information content (AvgIpc) is 2.66. The standard InChI is InChI=1S/C22H22O3S/c1-25-20-8-5-7-19(16-20)22-9-4-3-6-18(22)13-10-17-11-14-21(15-12-17)26(2,23)24/h3-9,11-12,14-16H,10,13H2,1-2H3. The average molecular weight is 366 g/mol. The van der Waals surface area contributed by atoms with Crippen molar-refractivity contribution in [1.29, 1.82) is 0 Å². The van der Waals surface area contributed by atoms with E-state index in [1.807, 2.05) is 42.5 Å². The molecule has 0 atom stereocenters. The lowest BCUT2D eigenvalue weighted by atomic mass is 9.95. The summed E-state index contributed by atoms with van der Waals surface area (Å²) in [5, 5.41) is 0. The van der Waals surface area contributed by atoms with Crippen molar-refractivity contribution in [2.45, 2.75) is 17.7 Å². The monoisotopic (exact) mass is 366 g/mol. The summed E-state index contributed by atoms with van der Waals surface area (Å²) in [6.07, 6.45) is 2.96. The number of hydrogen-bond donors (Lipinski definition) is 0. The van der Waals surface area contributed by atoms with Crippen molar-refractivity contribution >= 4 is 9.84 Å². The molecule has 0 spiro atoms. The summed E-state index contributed by atoms with van der Waals surface area (Å²) in [4.78, 5) is 0.359. The van der Waals surface area contributed by atoms with Crippen LogP contribution in [0.3, 0.4) is 0 Å². The van der Waals surface area contributed by atoms with Gasteiger partial charge in [0, 0.05) is 6.26 Å². The molecule has 26 heavy (non-hydrogen) atoms. The van der Waals surface area contributed by atoms with E-state index >= 15 is 0 Å². The second-order valence-electron chi connectivity index (χ2n) is 6.31. The van der Waals surface area contributed by atoms with E-state index in [9.17, 15) is 8.42 Å². The smallest absolute Gasteiger partial charge is 0.175 e. The van der Waals surface area contributed by atoms with Crippen molar-refractivity contribution in [3.8, 4) is 16.9 Å². The lowest BCUT2D eigenvalue weighted by Gasteiger charge is -2.11. The van der Waals surface area contributed by atoms with Crippen LogP contribution in [0.2, 0.25) is 0 Å². The summed E-state index contributed by atoms with van der Waals surface area (Å²) < 4.78 is 28.5. The van der Waals surface area contributed by atoms with Crippen molar-refractivity contribution in [2.24, 2.45) is 0 Å². The van der Waals surface area contributed by atoms with Gasteiger partial charge in [-0.05, 0) is 59.4 Å². The fourth-order valence-corrected chi connectivity index (χ4v) is 3.62. The molecule has 0 N–H and O–H groups in total. The van der Waals surface area contributed by atoms with Gasteiger partial charge in [0.25, 0.3) is 0 Å². The molecular formula is C22H22O3S. The molecule has 0 fully saturated rings. The summed E-state index contributed by atoms with van der Waals surface area (Å²) in [7, 11) is -1.48.